The summed E-state index contributed by atoms with van der Waals surface area (Å²) in [5.74, 6) is 0.755. The summed E-state index contributed by atoms with van der Waals surface area (Å²) in [5, 5.41) is 2.92. The quantitative estimate of drug-likeness (QED) is 0.892. The van der Waals surface area contributed by atoms with Crippen molar-refractivity contribution < 1.29 is 14.3 Å². The van der Waals surface area contributed by atoms with Gasteiger partial charge in [0.1, 0.15) is 11.4 Å². The van der Waals surface area contributed by atoms with Gasteiger partial charge in [0.05, 0.1) is 6.54 Å². The third-order valence-corrected chi connectivity index (χ3v) is 5.20. The fraction of sp³-hybridized carbons (Fsp3) is 0.421. The molecule has 0 saturated carbocycles. The molecular formula is C19H22N4O3. The molecular weight excluding hydrogens is 332 g/mol. The van der Waals surface area contributed by atoms with Crippen molar-refractivity contribution in [3.05, 3.63) is 48.5 Å². The molecule has 2 aliphatic rings. The van der Waals surface area contributed by atoms with Crippen LogP contribution in [0.5, 0.6) is 0 Å². The second-order valence-electron chi connectivity index (χ2n) is 6.87. The number of nitrogens with one attached hydrogen (secondary N) is 1. The van der Waals surface area contributed by atoms with E-state index in [-0.39, 0.29) is 11.8 Å². The Labute approximate surface area is 152 Å². The molecule has 3 heterocycles. The Morgan fingerprint density at radius 2 is 1.96 bits per heavy atom. The number of carbonyl (C=O) groups is 2. The summed E-state index contributed by atoms with van der Waals surface area (Å²) in [6.07, 6.45) is 4.31. The lowest BCUT2D eigenvalue weighted by atomic mass is 9.88. The lowest BCUT2D eigenvalue weighted by Crippen LogP contribution is -2.53. The molecule has 1 N–H and O–H groups in total. The molecule has 136 valence electrons. The fourth-order valence-electron chi connectivity index (χ4n) is 3.80. The Morgan fingerprint density at radius 3 is 2.65 bits per heavy atom. The maximum Gasteiger partial charge on any atom is 0.255 e. The molecule has 2 amide bonds. The van der Waals surface area contributed by atoms with Crippen molar-refractivity contribution in [3.8, 4) is 0 Å². The van der Waals surface area contributed by atoms with Crippen LogP contribution in [-0.4, -0.2) is 45.5 Å². The van der Waals surface area contributed by atoms with Crippen molar-refractivity contribution in [1.82, 2.24) is 14.5 Å². The van der Waals surface area contributed by atoms with Gasteiger partial charge in [-0.3, -0.25) is 9.59 Å². The fourth-order valence-corrected chi connectivity index (χ4v) is 3.80. The van der Waals surface area contributed by atoms with Crippen LogP contribution >= 0.6 is 0 Å². The van der Waals surface area contributed by atoms with Crippen LogP contribution in [0.15, 0.2) is 42.7 Å². The number of aromatic nitrogens is 2. The Kier molecular flexibility index (Phi) is 4.24. The van der Waals surface area contributed by atoms with Crippen molar-refractivity contribution in [1.29, 1.82) is 0 Å². The van der Waals surface area contributed by atoms with E-state index in [4.69, 9.17) is 4.74 Å². The minimum absolute atomic E-state index is 0.0670. The summed E-state index contributed by atoms with van der Waals surface area (Å²) in [5.41, 5.74) is 0.129. The molecule has 1 fully saturated rings. The maximum atomic E-state index is 12.8. The predicted molar refractivity (Wildman–Crippen MR) is 95.3 cm³/mol. The van der Waals surface area contributed by atoms with E-state index in [9.17, 15) is 9.59 Å². The first-order chi connectivity index (χ1) is 12.6. The zero-order valence-electron chi connectivity index (χ0n) is 14.7. The molecule has 1 saturated heterocycles. The van der Waals surface area contributed by atoms with Crippen molar-refractivity contribution >= 4 is 17.5 Å². The number of ether oxygens (including phenoxy) is 1. The van der Waals surface area contributed by atoms with E-state index in [2.05, 4.69) is 10.3 Å². The Balaban J connectivity index is 1.55. The van der Waals surface area contributed by atoms with Crippen molar-refractivity contribution in [2.75, 3.05) is 18.4 Å². The number of likely N-dealkylation sites (tertiary alicyclic amines) is 1. The van der Waals surface area contributed by atoms with Gasteiger partial charge in [-0.05, 0) is 12.1 Å². The molecule has 1 spiro atoms. The zero-order chi connectivity index (χ0) is 18.1. The largest absolute Gasteiger partial charge is 0.352 e. The van der Waals surface area contributed by atoms with Crippen LogP contribution < -0.4 is 5.32 Å². The average Bonchev–Trinajstić information content (AvgIpc) is 3.12. The minimum Gasteiger partial charge on any atom is -0.352 e. The summed E-state index contributed by atoms with van der Waals surface area (Å²) in [6, 6.07) is 9.37. The number of rotatable bonds is 2. The van der Waals surface area contributed by atoms with E-state index in [0.717, 1.165) is 11.5 Å². The third kappa shape index (κ3) is 2.99. The molecule has 0 aliphatic carbocycles. The molecule has 2 aliphatic heterocycles. The number of fused-ring (bicyclic) bond motifs is 2. The third-order valence-electron chi connectivity index (χ3n) is 5.20. The van der Waals surface area contributed by atoms with Crippen molar-refractivity contribution in [3.63, 3.8) is 0 Å². The molecule has 7 heteroatoms. The molecule has 1 aromatic heterocycles. The SMILES string of the molecule is CC(=O)N1CCC2(CC1)OC(C(=O)Nc1ccccc1)Cn1ccnc12. The van der Waals surface area contributed by atoms with Gasteiger partial charge in [-0.15, -0.1) is 0 Å². The van der Waals surface area contributed by atoms with E-state index in [0.29, 0.717) is 32.5 Å². The highest BCUT2D eigenvalue weighted by atomic mass is 16.5. The van der Waals surface area contributed by atoms with Crippen molar-refractivity contribution in [2.45, 2.75) is 38.0 Å². The number of amides is 2. The van der Waals surface area contributed by atoms with Gasteiger partial charge in [-0.1, -0.05) is 18.2 Å². The average molecular weight is 354 g/mol. The molecule has 7 nitrogen and oxygen atoms in total. The molecule has 1 unspecified atom stereocenters. The normalized spacial score (nSPS) is 21.3. The summed E-state index contributed by atoms with van der Waals surface area (Å²) in [7, 11) is 0. The number of carbonyl (C=O) groups excluding carboxylic acids is 2. The number of piperidine rings is 1. The highest BCUT2D eigenvalue weighted by molar-refractivity contribution is 5.94. The van der Waals surface area contributed by atoms with Gasteiger partial charge in [-0.2, -0.15) is 0 Å². The van der Waals surface area contributed by atoms with Crippen LogP contribution in [-0.2, 0) is 26.5 Å². The summed E-state index contributed by atoms with van der Waals surface area (Å²) in [6.45, 7) is 3.23. The monoisotopic (exact) mass is 354 g/mol. The molecule has 0 bridgehead atoms. The molecule has 0 radical (unpaired) electrons. The summed E-state index contributed by atoms with van der Waals surface area (Å²) in [4.78, 5) is 30.7. The van der Waals surface area contributed by atoms with Gasteiger partial charge in [0.2, 0.25) is 5.91 Å². The predicted octanol–water partition coefficient (Wildman–Crippen LogP) is 1.76. The van der Waals surface area contributed by atoms with Crippen LogP contribution in [0.2, 0.25) is 0 Å². The number of hydrogen-bond donors (Lipinski definition) is 1. The van der Waals surface area contributed by atoms with E-state index >= 15 is 0 Å². The maximum absolute atomic E-state index is 12.8. The van der Waals surface area contributed by atoms with Crippen LogP contribution in [0.4, 0.5) is 5.69 Å². The highest BCUT2D eigenvalue weighted by Gasteiger charge is 2.47. The minimum atomic E-state index is -0.619. The second kappa shape index (κ2) is 6.57. The van der Waals surface area contributed by atoms with Crippen LogP contribution in [0.3, 0.4) is 0 Å². The Morgan fingerprint density at radius 1 is 1.23 bits per heavy atom. The van der Waals surface area contributed by atoms with E-state index < -0.39 is 11.7 Å². The van der Waals surface area contributed by atoms with Gasteiger partial charge in [-0.25, -0.2) is 4.98 Å². The molecule has 2 aromatic rings. The number of benzene rings is 1. The van der Waals surface area contributed by atoms with Gasteiger partial charge >= 0.3 is 0 Å². The standard InChI is InChI=1S/C19H22N4O3/c1-14(24)22-10-7-19(8-11-22)18-20-9-12-23(18)13-16(26-19)17(25)21-15-5-3-2-4-6-15/h2-6,9,12,16H,7-8,10-11,13H2,1H3,(H,21,25). The zero-order valence-corrected chi connectivity index (χ0v) is 14.7. The molecule has 1 aromatic carbocycles. The van der Waals surface area contributed by atoms with Gasteiger partial charge in [0, 0.05) is 50.9 Å². The number of para-hydroxylation sites is 1. The first-order valence-corrected chi connectivity index (χ1v) is 8.88. The topological polar surface area (TPSA) is 76.5 Å². The molecule has 1 atom stereocenters. The molecule has 4 rings (SSSR count). The smallest absolute Gasteiger partial charge is 0.255 e. The lowest BCUT2D eigenvalue weighted by Gasteiger charge is -2.45. The van der Waals surface area contributed by atoms with Crippen LogP contribution in [0, 0.1) is 0 Å². The van der Waals surface area contributed by atoms with Gasteiger partial charge in [0.15, 0.2) is 6.10 Å². The first-order valence-electron chi connectivity index (χ1n) is 8.88. The van der Waals surface area contributed by atoms with E-state index in [1.807, 2.05) is 46.0 Å². The first kappa shape index (κ1) is 16.8. The number of imidazole rings is 1. The second-order valence-corrected chi connectivity index (χ2v) is 6.87. The number of anilines is 1. The van der Waals surface area contributed by atoms with E-state index in [1.165, 1.54) is 0 Å². The van der Waals surface area contributed by atoms with Gasteiger partial charge in [0.25, 0.3) is 5.91 Å². The van der Waals surface area contributed by atoms with Crippen LogP contribution in [0.25, 0.3) is 0 Å². The van der Waals surface area contributed by atoms with Crippen molar-refractivity contribution in [2.24, 2.45) is 0 Å². The summed E-state index contributed by atoms with van der Waals surface area (Å²) >= 11 is 0. The summed E-state index contributed by atoms with van der Waals surface area (Å²) < 4.78 is 8.33. The molecule has 26 heavy (non-hydrogen) atoms. The Hall–Kier alpha value is -2.67. The van der Waals surface area contributed by atoms with Crippen LogP contribution in [0.1, 0.15) is 25.6 Å². The van der Waals surface area contributed by atoms with Gasteiger partial charge < -0.3 is 19.5 Å². The lowest BCUT2D eigenvalue weighted by molar-refractivity contribution is -0.172. The Bertz CT molecular complexity index is 809. The number of hydrogen-bond acceptors (Lipinski definition) is 4. The van der Waals surface area contributed by atoms with E-state index in [1.54, 1.807) is 13.1 Å². The number of nitrogens with zero attached hydrogens (tertiary/aromatic N) is 3. The highest BCUT2D eigenvalue weighted by Crippen LogP contribution is 2.40.